The van der Waals surface area contributed by atoms with Crippen molar-refractivity contribution in [2.24, 2.45) is 0 Å². The van der Waals surface area contributed by atoms with E-state index in [4.69, 9.17) is 5.11 Å². The van der Waals surface area contributed by atoms with Crippen LogP contribution in [0.25, 0.3) is 0 Å². The average molecular weight is 294 g/mol. The van der Waals surface area contributed by atoms with Crippen LogP contribution in [0.3, 0.4) is 0 Å². The van der Waals surface area contributed by atoms with Crippen molar-refractivity contribution in [1.29, 1.82) is 0 Å². The van der Waals surface area contributed by atoms with Crippen molar-refractivity contribution in [3.05, 3.63) is 11.6 Å². The Balaban J connectivity index is 2.88. The fourth-order valence-electron chi connectivity index (χ4n) is 1.46. The first-order chi connectivity index (χ1) is 9.23. The van der Waals surface area contributed by atoms with Crippen LogP contribution < -0.4 is 0 Å². The molecule has 0 spiro atoms. The zero-order valence-electron chi connectivity index (χ0n) is 10.6. The number of carbonyl (C=O) groups is 2. The van der Waals surface area contributed by atoms with Crippen molar-refractivity contribution < 1.29 is 27.9 Å². The number of H-pyrrole nitrogens is 1. The number of nitrogens with one attached hydrogen (secondary N) is 1. The number of carboxylic acid groups (broad SMARTS) is 1. The molecule has 0 aromatic carbocycles. The quantitative estimate of drug-likeness (QED) is 0.810. The van der Waals surface area contributed by atoms with Gasteiger partial charge < -0.3 is 10.0 Å². The molecule has 0 saturated heterocycles. The summed E-state index contributed by atoms with van der Waals surface area (Å²) < 4.78 is 37.0. The lowest BCUT2D eigenvalue weighted by molar-refractivity contribution is -0.149. The van der Waals surface area contributed by atoms with E-state index in [9.17, 15) is 22.8 Å². The smallest absolute Gasteiger partial charge is 0.406 e. The summed E-state index contributed by atoms with van der Waals surface area (Å²) in [5.74, 6) is -2.84. The standard InChI is InChI=1S/C10H13F3N4O3/c1-2-3-6-14-8(16-15-6)9(20)17(4-7(18)19)5-10(11,12)13/h2-5H2,1H3,(H,18,19)(H,14,15,16). The normalized spacial score (nSPS) is 11.4. The Morgan fingerprint density at radius 2 is 2.05 bits per heavy atom. The third-order valence-corrected chi connectivity index (χ3v) is 2.19. The number of amides is 1. The van der Waals surface area contributed by atoms with Crippen LogP contribution in [0, 0.1) is 0 Å². The van der Waals surface area contributed by atoms with Crippen LogP contribution in [0.2, 0.25) is 0 Å². The number of hydrogen-bond acceptors (Lipinski definition) is 4. The topological polar surface area (TPSA) is 99.2 Å². The first-order valence-corrected chi connectivity index (χ1v) is 5.72. The van der Waals surface area contributed by atoms with Crippen LogP contribution in [0.1, 0.15) is 29.8 Å². The molecule has 1 rings (SSSR count). The van der Waals surface area contributed by atoms with E-state index in [0.717, 1.165) is 0 Å². The maximum atomic E-state index is 12.3. The highest BCUT2D eigenvalue weighted by Crippen LogP contribution is 2.17. The van der Waals surface area contributed by atoms with E-state index in [1.165, 1.54) is 0 Å². The lowest BCUT2D eigenvalue weighted by Crippen LogP contribution is -2.42. The fourth-order valence-corrected chi connectivity index (χ4v) is 1.46. The molecular formula is C10H13F3N4O3. The first-order valence-electron chi connectivity index (χ1n) is 5.72. The predicted molar refractivity (Wildman–Crippen MR) is 60.0 cm³/mol. The lowest BCUT2D eigenvalue weighted by atomic mass is 10.3. The molecule has 10 heteroatoms. The third-order valence-electron chi connectivity index (χ3n) is 2.19. The second-order valence-corrected chi connectivity index (χ2v) is 4.03. The minimum Gasteiger partial charge on any atom is -0.480 e. The molecule has 0 aliphatic rings. The average Bonchev–Trinajstić information content (AvgIpc) is 2.73. The number of carbonyl (C=O) groups excluding carboxylic acids is 1. The number of aromatic amines is 1. The molecule has 112 valence electrons. The summed E-state index contributed by atoms with van der Waals surface area (Å²) in [6.07, 6.45) is -3.50. The van der Waals surface area contributed by atoms with E-state index in [2.05, 4.69) is 15.2 Å². The van der Waals surface area contributed by atoms with Crippen LogP contribution in [-0.4, -0.2) is 56.3 Å². The molecular weight excluding hydrogens is 281 g/mol. The van der Waals surface area contributed by atoms with Gasteiger partial charge in [0.25, 0.3) is 5.91 Å². The molecule has 0 radical (unpaired) electrons. The number of halogens is 3. The van der Waals surface area contributed by atoms with Gasteiger partial charge in [-0.25, -0.2) is 4.98 Å². The van der Waals surface area contributed by atoms with E-state index in [1.54, 1.807) is 0 Å². The Morgan fingerprint density at radius 3 is 2.55 bits per heavy atom. The molecule has 0 fully saturated rings. The summed E-state index contributed by atoms with van der Waals surface area (Å²) in [4.78, 5) is 26.2. The third kappa shape index (κ3) is 4.86. The minimum absolute atomic E-state index is 0.140. The number of nitrogens with zero attached hydrogens (tertiary/aromatic N) is 3. The Hall–Kier alpha value is -2.13. The lowest BCUT2D eigenvalue weighted by Gasteiger charge is -2.20. The summed E-state index contributed by atoms with van der Waals surface area (Å²) in [6.45, 7) is -0.893. The second-order valence-electron chi connectivity index (χ2n) is 4.03. The van der Waals surface area contributed by atoms with Crippen LogP contribution >= 0.6 is 0 Å². The molecule has 0 atom stereocenters. The van der Waals surface area contributed by atoms with E-state index < -0.39 is 37.0 Å². The van der Waals surface area contributed by atoms with Gasteiger partial charge in [0.05, 0.1) is 0 Å². The summed E-state index contributed by atoms with van der Waals surface area (Å²) in [5.41, 5.74) is 0. The van der Waals surface area contributed by atoms with E-state index >= 15 is 0 Å². The van der Waals surface area contributed by atoms with Crippen molar-refractivity contribution in [1.82, 2.24) is 20.1 Å². The number of aliphatic carboxylic acids is 1. The molecule has 1 amide bonds. The van der Waals surface area contributed by atoms with Crippen molar-refractivity contribution in [2.75, 3.05) is 13.1 Å². The van der Waals surface area contributed by atoms with Gasteiger partial charge in [-0.3, -0.25) is 14.7 Å². The number of aryl methyl sites for hydroxylation is 1. The van der Waals surface area contributed by atoms with E-state index in [1.807, 2.05) is 6.92 Å². The number of aromatic nitrogens is 3. The van der Waals surface area contributed by atoms with E-state index in [-0.39, 0.29) is 4.90 Å². The van der Waals surface area contributed by atoms with Gasteiger partial charge in [-0.05, 0) is 6.42 Å². The van der Waals surface area contributed by atoms with Gasteiger partial charge in [0.1, 0.15) is 18.9 Å². The van der Waals surface area contributed by atoms with Crippen LogP contribution in [0.5, 0.6) is 0 Å². The van der Waals surface area contributed by atoms with Crippen molar-refractivity contribution in [3.8, 4) is 0 Å². The number of rotatable bonds is 6. The van der Waals surface area contributed by atoms with Gasteiger partial charge >= 0.3 is 12.1 Å². The monoisotopic (exact) mass is 294 g/mol. The number of carboxylic acids is 1. The van der Waals surface area contributed by atoms with Gasteiger partial charge in [-0.1, -0.05) is 6.92 Å². The second kappa shape index (κ2) is 6.35. The van der Waals surface area contributed by atoms with Gasteiger partial charge in [0.15, 0.2) is 0 Å². The molecule has 1 aromatic rings. The zero-order valence-corrected chi connectivity index (χ0v) is 10.6. The number of hydrogen-bond donors (Lipinski definition) is 2. The van der Waals surface area contributed by atoms with Crippen LogP contribution in [0.15, 0.2) is 0 Å². The molecule has 0 unspecified atom stereocenters. The highest BCUT2D eigenvalue weighted by molar-refractivity contribution is 5.92. The maximum absolute atomic E-state index is 12.3. The predicted octanol–water partition coefficient (Wildman–Crippen LogP) is 0.846. The summed E-state index contributed by atoms with van der Waals surface area (Å²) >= 11 is 0. The minimum atomic E-state index is -4.70. The highest BCUT2D eigenvalue weighted by Gasteiger charge is 2.35. The molecule has 0 bridgehead atoms. The van der Waals surface area contributed by atoms with Crippen molar-refractivity contribution in [3.63, 3.8) is 0 Å². The van der Waals surface area contributed by atoms with Gasteiger partial charge in [-0.2, -0.15) is 13.2 Å². The molecule has 2 N–H and O–H groups in total. The maximum Gasteiger partial charge on any atom is 0.406 e. The van der Waals surface area contributed by atoms with Gasteiger partial charge in [0, 0.05) is 6.42 Å². The fraction of sp³-hybridized carbons (Fsp3) is 0.600. The van der Waals surface area contributed by atoms with Crippen molar-refractivity contribution in [2.45, 2.75) is 25.9 Å². The molecule has 0 saturated carbocycles. The summed E-state index contributed by atoms with van der Waals surface area (Å²) in [5, 5.41) is 14.5. The largest absolute Gasteiger partial charge is 0.480 e. The molecule has 0 aliphatic carbocycles. The van der Waals surface area contributed by atoms with Crippen molar-refractivity contribution >= 4 is 11.9 Å². The van der Waals surface area contributed by atoms with Gasteiger partial charge in [-0.15, -0.1) is 5.10 Å². The van der Waals surface area contributed by atoms with E-state index in [0.29, 0.717) is 18.7 Å². The Morgan fingerprint density at radius 1 is 1.40 bits per heavy atom. The molecule has 1 heterocycles. The Bertz CT molecular complexity index is 486. The molecule has 0 aliphatic heterocycles. The number of alkyl halides is 3. The Kier molecular flexibility index (Phi) is 5.06. The zero-order chi connectivity index (χ0) is 15.3. The summed E-state index contributed by atoms with van der Waals surface area (Å²) in [6, 6.07) is 0. The summed E-state index contributed by atoms with van der Waals surface area (Å²) in [7, 11) is 0. The highest BCUT2D eigenvalue weighted by atomic mass is 19.4. The molecule has 1 aromatic heterocycles. The SMILES string of the molecule is CCCc1nc(C(=O)N(CC(=O)O)CC(F)(F)F)n[nH]1. The Labute approximate surface area is 111 Å². The molecule has 7 nitrogen and oxygen atoms in total. The first kappa shape index (κ1) is 15.9. The van der Waals surface area contributed by atoms with Gasteiger partial charge in [0.2, 0.25) is 5.82 Å². The molecule has 20 heavy (non-hydrogen) atoms. The van der Waals surface area contributed by atoms with Crippen LogP contribution in [0.4, 0.5) is 13.2 Å². The van der Waals surface area contributed by atoms with Crippen LogP contribution in [-0.2, 0) is 11.2 Å².